The average Bonchev–Trinajstić information content (AvgIpc) is 3.15. The second-order valence-electron chi connectivity index (χ2n) is 7.59. The molecule has 0 atom stereocenters. The third-order valence-electron chi connectivity index (χ3n) is 5.17. The number of nitroso groups, excluding NO2 is 1. The maximum Gasteiger partial charge on any atom is 0.208 e. The van der Waals surface area contributed by atoms with Gasteiger partial charge in [0.1, 0.15) is 29.5 Å². The number of rotatable bonds is 8. The molecule has 0 saturated heterocycles. The Bertz CT molecular complexity index is 1450. The minimum absolute atomic E-state index is 0.00307. The molecule has 34 heavy (non-hydrogen) atoms. The van der Waals surface area contributed by atoms with Gasteiger partial charge in [-0.05, 0) is 42.5 Å². The number of aromatic nitrogens is 3. The third kappa shape index (κ3) is 4.71. The van der Waals surface area contributed by atoms with Crippen molar-refractivity contribution in [2.45, 2.75) is 6.54 Å². The van der Waals surface area contributed by atoms with Crippen LogP contribution >= 0.6 is 0 Å². The predicted octanol–water partition coefficient (Wildman–Crippen LogP) is 6.56. The van der Waals surface area contributed by atoms with Crippen LogP contribution in [0.25, 0.3) is 11.0 Å². The highest BCUT2D eigenvalue weighted by Crippen LogP contribution is 2.29. The van der Waals surface area contributed by atoms with Crippen molar-refractivity contribution in [1.29, 1.82) is 0 Å². The smallest absolute Gasteiger partial charge is 0.208 e. The Hall–Kier alpha value is -4.72. The SMILES string of the molecule is Cn1c(Nc2cccc(Oc3ccccc3)c2)nc2cc(Oc3ccnc(CN=O)c3)ccc21. The normalized spacial score (nSPS) is 10.7. The lowest BCUT2D eigenvalue weighted by Gasteiger charge is -2.09. The molecule has 0 spiro atoms. The molecule has 0 radical (unpaired) electrons. The van der Waals surface area contributed by atoms with Crippen LogP contribution < -0.4 is 14.8 Å². The molecular formula is C26H21N5O3. The highest BCUT2D eigenvalue weighted by molar-refractivity contribution is 5.81. The van der Waals surface area contributed by atoms with Gasteiger partial charge in [-0.3, -0.25) is 4.98 Å². The lowest BCUT2D eigenvalue weighted by atomic mass is 10.3. The van der Waals surface area contributed by atoms with E-state index in [2.05, 4.69) is 15.5 Å². The summed E-state index contributed by atoms with van der Waals surface area (Å²) >= 11 is 0. The number of nitrogens with zero attached hydrogens (tertiary/aromatic N) is 4. The van der Waals surface area contributed by atoms with Crippen LogP contribution in [0.2, 0.25) is 0 Å². The van der Waals surface area contributed by atoms with E-state index in [-0.39, 0.29) is 6.54 Å². The van der Waals surface area contributed by atoms with Crippen molar-refractivity contribution >= 4 is 22.7 Å². The number of nitrogens with one attached hydrogen (secondary N) is 1. The predicted molar refractivity (Wildman–Crippen MR) is 131 cm³/mol. The van der Waals surface area contributed by atoms with Crippen molar-refractivity contribution in [3.05, 3.63) is 102 Å². The summed E-state index contributed by atoms with van der Waals surface area (Å²) in [6, 6.07) is 26.5. The largest absolute Gasteiger partial charge is 0.457 e. The third-order valence-corrected chi connectivity index (χ3v) is 5.17. The van der Waals surface area contributed by atoms with Crippen LogP contribution in [-0.4, -0.2) is 14.5 Å². The minimum atomic E-state index is 0.00307. The van der Waals surface area contributed by atoms with Crippen molar-refractivity contribution in [1.82, 2.24) is 14.5 Å². The molecule has 2 heterocycles. The first kappa shape index (κ1) is 21.1. The van der Waals surface area contributed by atoms with E-state index in [4.69, 9.17) is 14.5 Å². The number of hydrogen-bond acceptors (Lipinski definition) is 7. The molecule has 0 saturated carbocycles. The Balaban J connectivity index is 1.36. The Morgan fingerprint density at radius 3 is 2.47 bits per heavy atom. The van der Waals surface area contributed by atoms with E-state index in [9.17, 15) is 4.91 Å². The Kier molecular flexibility index (Phi) is 5.85. The maximum absolute atomic E-state index is 10.5. The molecule has 0 amide bonds. The van der Waals surface area contributed by atoms with Gasteiger partial charge < -0.3 is 19.4 Å². The molecule has 0 aliphatic rings. The van der Waals surface area contributed by atoms with Gasteiger partial charge >= 0.3 is 0 Å². The molecule has 168 valence electrons. The number of para-hydroxylation sites is 1. The summed E-state index contributed by atoms with van der Waals surface area (Å²) in [6.45, 7) is 0.00307. The van der Waals surface area contributed by atoms with E-state index >= 15 is 0 Å². The second kappa shape index (κ2) is 9.41. The molecule has 0 unspecified atom stereocenters. The first-order valence-corrected chi connectivity index (χ1v) is 10.7. The van der Waals surface area contributed by atoms with Gasteiger partial charge in [0.05, 0.1) is 16.7 Å². The molecule has 0 fully saturated rings. The molecule has 8 heteroatoms. The van der Waals surface area contributed by atoms with Gasteiger partial charge in [-0.2, -0.15) is 4.91 Å². The maximum atomic E-state index is 10.5. The summed E-state index contributed by atoms with van der Waals surface area (Å²) in [5, 5.41) is 6.23. The van der Waals surface area contributed by atoms with Crippen molar-refractivity contribution < 1.29 is 9.47 Å². The standard InChI is InChI=1S/C26H21N5O3/c1-31-25-11-10-22(34-23-12-13-27-19(15-23)17-28-32)16-24(25)30-26(31)29-18-6-5-9-21(14-18)33-20-7-3-2-4-8-20/h2-16H,17H2,1H3,(H,29,30). The van der Waals surface area contributed by atoms with Crippen molar-refractivity contribution in [2.24, 2.45) is 12.2 Å². The van der Waals surface area contributed by atoms with Crippen LogP contribution in [0.3, 0.4) is 0 Å². The van der Waals surface area contributed by atoms with Crippen LogP contribution in [-0.2, 0) is 13.6 Å². The van der Waals surface area contributed by atoms with Crippen LogP contribution in [0.15, 0.2) is 96.3 Å². The van der Waals surface area contributed by atoms with E-state index in [1.807, 2.05) is 84.4 Å². The highest BCUT2D eigenvalue weighted by Gasteiger charge is 2.11. The summed E-state index contributed by atoms with van der Waals surface area (Å²) in [6.07, 6.45) is 1.59. The topological polar surface area (TPSA) is 90.6 Å². The first-order valence-electron chi connectivity index (χ1n) is 10.7. The monoisotopic (exact) mass is 451 g/mol. The molecule has 0 aliphatic heterocycles. The molecule has 2 aromatic heterocycles. The fourth-order valence-corrected chi connectivity index (χ4v) is 3.55. The molecule has 0 aliphatic carbocycles. The number of aryl methyl sites for hydroxylation is 1. The summed E-state index contributed by atoms with van der Waals surface area (Å²) < 4.78 is 13.9. The summed E-state index contributed by atoms with van der Waals surface area (Å²) in [5.74, 6) is 3.40. The van der Waals surface area contributed by atoms with Gasteiger partial charge in [0, 0.05) is 37.1 Å². The molecular weight excluding hydrogens is 430 g/mol. The minimum Gasteiger partial charge on any atom is -0.457 e. The Morgan fingerprint density at radius 1 is 0.853 bits per heavy atom. The zero-order chi connectivity index (χ0) is 23.3. The van der Waals surface area contributed by atoms with Crippen LogP contribution in [0, 0.1) is 4.91 Å². The van der Waals surface area contributed by atoms with Gasteiger partial charge in [0.2, 0.25) is 5.95 Å². The number of ether oxygens (including phenoxy) is 2. The molecule has 5 aromatic rings. The van der Waals surface area contributed by atoms with E-state index < -0.39 is 0 Å². The van der Waals surface area contributed by atoms with E-state index in [0.29, 0.717) is 23.1 Å². The number of pyridine rings is 1. The molecule has 3 aromatic carbocycles. The average molecular weight is 451 g/mol. The number of benzene rings is 3. The lowest BCUT2D eigenvalue weighted by Crippen LogP contribution is -1.99. The van der Waals surface area contributed by atoms with Crippen molar-refractivity contribution in [3.8, 4) is 23.0 Å². The van der Waals surface area contributed by atoms with Gasteiger partial charge in [-0.15, -0.1) is 0 Å². The lowest BCUT2D eigenvalue weighted by molar-refractivity contribution is 0.481. The second-order valence-corrected chi connectivity index (χ2v) is 7.59. The highest BCUT2D eigenvalue weighted by atomic mass is 16.5. The summed E-state index contributed by atoms with van der Waals surface area (Å²) in [4.78, 5) is 19.3. The van der Waals surface area contributed by atoms with Crippen molar-refractivity contribution in [3.63, 3.8) is 0 Å². The van der Waals surface area contributed by atoms with Gasteiger partial charge in [-0.25, -0.2) is 4.98 Å². The Morgan fingerprint density at radius 2 is 1.62 bits per heavy atom. The number of hydrogen-bond donors (Lipinski definition) is 1. The number of anilines is 2. The summed E-state index contributed by atoms with van der Waals surface area (Å²) in [7, 11) is 1.95. The molecule has 5 rings (SSSR count). The number of imidazole rings is 1. The molecule has 8 nitrogen and oxygen atoms in total. The summed E-state index contributed by atoms with van der Waals surface area (Å²) in [5.41, 5.74) is 3.14. The zero-order valence-corrected chi connectivity index (χ0v) is 18.4. The molecule has 1 N–H and O–H groups in total. The van der Waals surface area contributed by atoms with Gasteiger partial charge in [-0.1, -0.05) is 29.4 Å². The van der Waals surface area contributed by atoms with Crippen LogP contribution in [0.5, 0.6) is 23.0 Å². The van der Waals surface area contributed by atoms with Crippen LogP contribution in [0.4, 0.5) is 11.6 Å². The number of fused-ring (bicyclic) bond motifs is 1. The van der Waals surface area contributed by atoms with Gasteiger partial charge in [0.15, 0.2) is 0 Å². The van der Waals surface area contributed by atoms with Crippen molar-refractivity contribution in [2.75, 3.05) is 5.32 Å². The zero-order valence-electron chi connectivity index (χ0n) is 18.4. The van der Waals surface area contributed by atoms with Crippen LogP contribution in [0.1, 0.15) is 5.69 Å². The van der Waals surface area contributed by atoms with E-state index in [1.165, 1.54) is 0 Å². The van der Waals surface area contributed by atoms with E-state index in [1.54, 1.807) is 18.3 Å². The molecule has 0 bridgehead atoms. The quantitative estimate of drug-likeness (QED) is 0.269. The Labute approximate surface area is 195 Å². The van der Waals surface area contributed by atoms with E-state index in [0.717, 1.165) is 28.2 Å². The fourth-order valence-electron chi connectivity index (χ4n) is 3.55. The first-order chi connectivity index (χ1) is 16.7. The van der Waals surface area contributed by atoms with Gasteiger partial charge in [0.25, 0.3) is 0 Å². The fraction of sp³-hybridized carbons (Fsp3) is 0.0769.